The maximum Gasteiger partial charge on any atom is 0.241 e. The Bertz CT molecular complexity index is 772. The predicted octanol–water partition coefficient (Wildman–Crippen LogP) is 2.13. The Kier molecular flexibility index (Phi) is 4.11. The summed E-state index contributed by atoms with van der Waals surface area (Å²) >= 11 is 0. The van der Waals surface area contributed by atoms with E-state index in [2.05, 4.69) is 9.71 Å². The van der Waals surface area contributed by atoms with E-state index in [4.69, 9.17) is 0 Å². The molecule has 0 saturated carbocycles. The number of sulfonamides is 1. The summed E-state index contributed by atoms with van der Waals surface area (Å²) in [4.78, 5) is 16.1. The first-order valence-electron chi connectivity index (χ1n) is 6.58. The van der Waals surface area contributed by atoms with Crippen molar-refractivity contribution in [3.8, 4) is 0 Å². The fourth-order valence-electron chi connectivity index (χ4n) is 1.81. The molecule has 0 radical (unpaired) electrons. The van der Waals surface area contributed by atoms with Crippen molar-refractivity contribution >= 4 is 26.7 Å². The van der Waals surface area contributed by atoms with Crippen molar-refractivity contribution in [3.05, 3.63) is 36.5 Å². The fraction of sp³-hybridized carbons (Fsp3) is 0.333. The molecule has 5 nitrogen and oxygen atoms in total. The van der Waals surface area contributed by atoms with Crippen molar-refractivity contribution in [1.29, 1.82) is 0 Å². The van der Waals surface area contributed by atoms with Gasteiger partial charge in [0.25, 0.3) is 0 Å². The van der Waals surface area contributed by atoms with Crippen molar-refractivity contribution in [2.24, 2.45) is 5.41 Å². The van der Waals surface area contributed by atoms with E-state index >= 15 is 0 Å². The summed E-state index contributed by atoms with van der Waals surface area (Å²) in [5.41, 5.74) is 0.0190. The monoisotopic (exact) mass is 306 g/mol. The van der Waals surface area contributed by atoms with Crippen LogP contribution in [-0.2, 0) is 14.8 Å². The molecule has 0 amide bonds. The lowest BCUT2D eigenvalue weighted by atomic mass is 9.91. The summed E-state index contributed by atoms with van der Waals surface area (Å²) < 4.78 is 27.1. The van der Waals surface area contributed by atoms with Crippen LogP contribution in [0.2, 0.25) is 0 Å². The van der Waals surface area contributed by atoms with Gasteiger partial charge in [0.15, 0.2) is 5.78 Å². The number of aromatic nitrogens is 1. The van der Waals surface area contributed by atoms with Crippen LogP contribution in [-0.4, -0.2) is 25.7 Å². The highest BCUT2D eigenvalue weighted by Crippen LogP contribution is 2.21. The van der Waals surface area contributed by atoms with E-state index in [9.17, 15) is 13.2 Å². The highest BCUT2D eigenvalue weighted by atomic mass is 32.2. The molecule has 21 heavy (non-hydrogen) atoms. The molecule has 0 bridgehead atoms. The molecule has 2 rings (SSSR count). The van der Waals surface area contributed by atoms with Crippen molar-refractivity contribution in [2.75, 3.05) is 6.54 Å². The number of carbonyl (C=O) groups excluding carboxylic acids is 1. The lowest BCUT2D eigenvalue weighted by molar-refractivity contribution is -0.125. The standard InChI is InChI=1S/C15H18N2O3S/c1-15(2,3)14(18)10-17-21(19,20)13-8-4-7-12-11(13)6-5-9-16-12/h4-9,17H,10H2,1-3H3. The van der Waals surface area contributed by atoms with Crippen LogP contribution in [0.4, 0.5) is 0 Å². The number of Topliss-reactive ketones (excluding diaryl/α,β-unsaturated/α-hetero) is 1. The van der Waals surface area contributed by atoms with Gasteiger partial charge >= 0.3 is 0 Å². The zero-order valence-electron chi connectivity index (χ0n) is 12.3. The van der Waals surface area contributed by atoms with Gasteiger partial charge in [-0.05, 0) is 24.3 Å². The Morgan fingerprint density at radius 1 is 1.19 bits per heavy atom. The third kappa shape index (κ3) is 3.46. The van der Waals surface area contributed by atoms with Crippen LogP contribution in [0.5, 0.6) is 0 Å². The molecule has 0 spiro atoms. The van der Waals surface area contributed by atoms with Crippen LogP contribution < -0.4 is 4.72 Å². The van der Waals surface area contributed by atoms with Gasteiger partial charge in [0.1, 0.15) is 0 Å². The summed E-state index contributed by atoms with van der Waals surface area (Å²) in [6.45, 7) is 5.05. The molecule has 0 fully saturated rings. The molecular formula is C15H18N2O3S. The van der Waals surface area contributed by atoms with Crippen molar-refractivity contribution in [2.45, 2.75) is 25.7 Å². The van der Waals surface area contributed by atoms with Gasteiger partial charge < -0.3 is 0 Å². The van der Waals surface area contributed by atoms with Gasteiger partial charge in [0.2, 0.25) is 10.0 Å². The maximum absolute atomic E-state index is 12.4. The van der Waals surface area contributed by atoms with E-state index in [0.717, 1.165) is 0 Å². The molecule has 0 saturated heterocycles. The Morgan fingerprint density at radius 3 is 2.57 bits per heavy atom. The smallest absolute Gasteiger partial charge is 0.241 e. The van der Waals surface area contributed by atoms with Crippen LogP contribution in [0.3, 0.4) is 0 Å². The van der Waals surface area contributed by atoms with Gasteiger partial charge in [0, 0.05) is 17.0 Å². The normalized spacial score (nSPS) is 12.5. The number of hydrogen-bond acceptors (Lipinski definition) is 4. The Hall–Kier alpha value is -1.79. The number of rotatable bonds is 4. The molecule has 112 valence electrons. The molecule has 2 aromatic rings. The van der Waals surface area contributed by atoms with Gasteiger partial charge in [-0.2, -0.15) is 0 Å². The Morgan fingerprint density at radius 2 is 1.90 bits per heavy atom. The van der Waals surface area contributed by atoms with Crippen molar-refractivity contribution in [1.82, 2.24) is 9.71 Å². The third-order valence-corrected chi connectivity index (χ3v) is 4.61. The number of carbonyl (C=O) groups is 1. The van der Waals surface area contributed by atoms with Crippen LogP contribution in [0.1, 0.15) is 20.8 Å². The van der Waals surface area contributed by atoms with Gasteiger partial charge in [-0.15, -0.1) is 0 Å². The second kappa shape index (κ2) is 5.54. The zero-order valence-corrected chi connectivity index (χ0v) is 13.1. The Labute approximate surface area is 124 Å². The average molecular weight is 306 g/mol. The average Bonchev–Trinajstić information content (AvgIpc) is 2.43. The second-order valence-corrected chi connectivity index (χ2v) is 7.56. The van der Waals surface area contributed by atoms with Gasteiger partial charge in [0.05, 0.1) is 17.0 Å². The van der Waals surface area contributed by atoms with Crippen molar-refractivity contribution < 1.29 is 13.2 Å². The number of hydrogen-bond donors (Lipinski definition) is 1. The molecular weight excluding hydrogens is 288 g/mol. The first-order chi connectivity index (χ1) is 9.72. The van der Waals surface area contributed by atoms with Crippen LogP contribution in [0, 0.1) is 5.41 Å². The summed E-state index contributed by atoms with van der Waals surface area (Å²) in [6.07, 6.45) is 1.61. The van der Waals surface area contributed by atoms with E-state index in [-0.39, 0.29) is 17.2 Å². The molecule has 0 aliphatic rings. The lowest BCUT2D eigenvalue weighted by Crippen LogP contribution is -2.35. The number of nitrogens with one attached hydrogen (secondary N) is 1. The van der Waals surface area contributed by atoms with Crippen LogP contribution in [0.15, 0.2) is 41.4 Å². The first-order valence-corrected chi connectivity index (χ1v) is 8.07. The highest BCUT2D eigenvalue weighted by molar-refractivity contribution is 7.89. The molecule has 0 atom stereocenters. The van der Waals surface area contributed by atoms with Gasteiger partial charge in [-0.25, -0.2) is 13.1 Å². The first kappa shape index (κ1) is 15.6. The third-order valence-electron chi connectivity index (χ3n) is 3.15. The topological polar surface area (TPSA) is 76.1 Å². The quantitative estimate of drug-likeness (QED) is 0.939. The minimum Gasteiger partial charge on any atom is -0.298 e. The zero-order chi connectivity index (χ0) is 15.7. The Balaban J connectivity index is 2.33. The van der Waals surface area contributed by atoms with E-state index in [1.54, 1.807) is 51.2 Å². The SMILES string of the molecule is CC(C)(C)C(=O)CNS(=O)(=O)c1cccc2ncccc12. The van der Waals surface area contributed by atoms with E-state index in [0.29, 0.717) is 10.9 Å². The molecule has 0 unspecified atom stereocenters. The number of pyridine rings is 1. The molecule has 6 heteroatoms. The number of nitrogens with zero attached hydrogens (tertiary/aromatic N) is 1. The van der Waals surface area contributed by atoms with Gasteiger partial charge in [-0.1, -0.05) is 26.8 Å². The molecule has 0 aliphatic heterocycles. The summed E-state index contributed by atoms with van der Waals surface area (Å²) in [7, 11) is -3.75. The van der Waals surface area contributed by atoms with Crippen molar-refractivity contribution in [3.63, 3.8) is 0 Å². The molecule has 1 aromatic heterocycles. The van der Waals surface area contributed by atoms with E-state index in [1.165, 1.54) is 6.07 Å². The number of ketones is 1. The van der Waals surface area contributed by atoms with E-state index < -0.39 is 15.4 Å². The van der Waals surface area contributed by atoms with Crippen LogP contribution >= 0.6 is 0 Å². The predicted molar refractivity (Wildman–Crippen MR) is 81.4 cm³/mol. The summed E-state index contributed by atoms with van der Waals surface area (Å²) in [5.74, 6) is -0.163. The minimum atomic E-state index is -3.75. The molecule has 1 aromatic carbocycles. The molecule has 1 N–H and O–H groups in total. The molecule has 1 heterocycles. The summed E-state index contributed by atoms with van der Waals surface area (Å²) in [6, 6.07) is 8.27. The van der Waals surface area contributed by atoms with Gasteiger partial charge in [-0.3, -0.25) is 9.78 Å². The number of benzene rings is 1. The largest absolute Gasteiger partial charge is 0.298 e. The highest BCUT2D eigenvalue weighted by Gasteiger charge is 2.24. The maximum atomic E-state index is 12.4. The lowest BCUT2D eigenvalue weighted by Gasteiger charge is -2.17. The molecule has 0 aliphatic carbocycles. The second-order valence-electron chi connectivity index (χ2n) is 5.82. The number of fused-ring (bicyclic) bond motifs is 1. The fourth-order valence-corrected chi connectivity index (χ4v) is 3.01. The summed E-state index contributed by atoms with van der Waals surface area (Å²) in [5, 5.41) is 0.538. The van der Waals surface area contributed by atoms with Crippen LogP contribution in [0.25, 0.3) is 10.9 Å². The van der Waals surface area contributed by atoms with E-state index in [1.807, 2.05) is 0 Å². The minimum absolute atomic E-state index is 0.134.